The largest absolute Gasteiger partial charge is 0.447 e. The highest BCUT2D eigenvalue weighted by Gasteiger charge is 2.22. The van der Waals surface area contributed by atoms with Gasteiger partial charge in [0.15, 0.2) is 0 Å². The maximum absolute atomic E-state index is 5.70. The highest BCUT2D eigenvalue weighted by Crippen LogP contribution is 2.39. The fraction of sp³-hybridized carbons (Fsp3) is 0.667. The summed E-state index contributed by atoms with van der Waals surface area (Å²) >= 11 is 1.92. The maximum atomic E-state index is 5.70. The van der Waals surface area contributed by atoms with Crippen molar-refractivity contribution in [1.29, 1.82) is 0 Å². The van der Waals surface area contributed by atoms with E-state index in [9.17, 15) is 0 Å². The number of aromatic nitrogens is 1. The van der Waals surface area contributed by atoms with Crippen LogP contribution in [0.5, 0.6) is 0 Å². The minimum absolute atomic E-state index is 0.0242. The zero-order valence-electron chi connectivity index (χ0n) is 7.69. The van der Waals surface area contributed by atoms with Gasteiger partial charge in [-0.1, -0.05) is 0 Å². The van der Waals surface area contributed by atoms with E-state index in [1.54, 1.807) is 6.26 Å². The second-order valence-corrected chi connectivity index (χ2v) is 4.71. The number of hydrogen-bond acceptors (Lipinski definition) is 4. The van der Waals surface area contributed by atoms with Crippen molar-refractivity contribution in [2.24, 2.45) is 5.73 Å². The Morgan fingerprint density at radius 1 is 1.77 bits per heavy atom. The molecule has 2 rings (SSSR count). The van der Waals surface area contributed by atoms with Crippen LogP contribution in [-0.2, 0) is 0 Å². The van der Waals surface area contributed by atoms with E-state index in [2.05, 4.69) is 4.98 Å². The van der Waals surface area contributed by atoms with E-state index in [0.29, 0.717) is 5.25 Å². The molecule has 0 spiro atoms. The average Bonchev–Trinajstić information content (AvgIpc) is 2.75. The van der Waals surface area contributed by atoms with E-state index < -0.39 is 0 Å². The summed E-state index contributed by atoms with van der Waals surface area (Å²) in [5, 5.41) is 0.465. The van der Waals surface area contributed by atoms with Crippen molar-refractivity contribution in [2.45, 2.75) is 31.1 Å². The molecule has 2 atom stereocenters. The molecule has 1 aliphatic heterocycles. The number of hydrogen-bond donors (Lipinski definition) is 1. The molecule has 1 aromatic heterocycles. The minimum atomic E-state index is -0.0242. The molecule has 1 saturated heterocycles. The Bertz CT molecular complexity index is 279. The van der Waals surface area contributed by atoms with Crippen LogP contribution in [0.4, 0.5) is 0 Å². The van der Waals surface area contributed by atoms with Gasteiger partial charge in [-0.05, 0) is 25.5 Å². The van der Waals surface area contributed by atoms with Gasteiger partial charge in [0.2, 0.25) is 5.89 Å². The lowest BCUT2D eigenvalue weighted by molar-refractivity contribution is 0.485. The quantitative estimate of drug-likeness (QED) is 0.792. The van der Waals surface area contributed by atoms with Gasteiger partial charge in [0.05, 0.1) is 10.9 Å². The summed E-state index contributed by atoms with van der Waals surface area (Å²) in [5.41, 5.74) is 6.56. The number of nitrogens with two attached hydrogens (primary N) is 1. The standard InChI is InChI=1S/C9H14N2OS/c1-6(10)7-5-12-9(11-7)8-3-2-4-13-8/h5-6,8H,2-4,10H2,1H3. The number of nitrogens with zero attached hydrogens (tertiary/aromatic N) is 1. The first-order valence-electron chi connectivity index (χ1n) is 4.60. The van der Waals surface area contributed by atoms with Crippen LogP contribution in [0.3, 0.4) is 0 Å². The first-order valence-corrected chi connectivity index (χ1v) is 5.65. The highest BCUT2D eigenvalue weighted by molar-refractivity contribution is 7.99. The van der Waals surface area contributed by atoms with Crippen molar-refractivity contribution < 1.29 is 4.42 Å². The fourth-order valence-electron chi connectivity index (χ4n) is 1.43. The van der Waals surface area contributed by atoms with E-state index >= 15 is 0 Å². The fourth-order valence-corrected chi connectivity index (χ4v) is 2.63. The van der Waals surface area contributed by atoms with E-state index in [4.69, 9.17) is 10.2 Å². The third-order valence-corrected chi connectivity index (χ3v) is 3.58. The predicted molar refractivity (Wildman–Crippen MR) is 53.5 cm³/mol. The van der Waals surface area contributed by atoms with Gasteiger partial charge >= 0.3 is 0 Å². The van der Waals surface area contributed by atoms with Crippen LogP contribution in [0.15, 0.2) is 10.7 Å². The molecular formula is C9H14N2OS. The molecule has 4 heteroatoms. The van der Waals surface area contributed by atoms with Gasteiger partial charge in [-0.15, -0.1) is 11.8 Å². The lowest BCUT2D eigenvalue weighted by Crippen LogP contribution is -2.05. The second-order valence-electron chi connectivity index (χ2n) is 3.40. The summed E-state index contributed by atoms with van der Waals surface area (Å²) in [6.45, 7) is 1.92. The van der Waals surface area contributed by atoms with Gasteiger partial charge in [0.25, 0.3) is 0 Å². The molecular weight excluding hydrogens is 184 g/mol. The SMILES string of the molecule is CC(N)c1coc(C2CCCS2)n1. The van der Waals surface area contributed by atoms with Gasteiger partial charge < -0.3 is 10.2 Å². The lowest BCUT2D eigenvalue weighted by atomic mass is 10.2. The van der Waals surface area contributed by atoms with E-state index in [0.717, 1.165) is 11.6 Å². The Labute approximate surface area is 82.1 Å². The third kappa shape index (κ3) is 1.89. The van der Waals surface area contributed by atoms with Crippen LogP contribution in [0.1, 0.15) is 42.6 Å². The van der Waals surface area contributed by atoms with Crippen LogP contribution >= 0.6 is 11.8 Å². The Kier molecular flexibility index (Phi) is 2.60. The van der Waals surface area contributed by atoms with Crippen molar-refractivity contribution in [2.75, 3.05) is 5.75 Å². The molecule has 72 valence electrons. The van der Waals surface area contributed by atoms with Crippen LogP contribution in [0.25, 0.3) is 0 Å². The molecule has 2 N–H and O–H groups in total. The smallest absolute Gasteiger partial charge is 0.207 e. The summed E-state index contributed by atoms with van der Waals surface area (Å²) in [5.74, 6) is 2.08. The highest BCUT2D eigenvalue weighted by atomic mass is 32.2. The van der Waals surface area contributed by atoms with Gasteiger partial charge in [-0.3, -0.25) is 0 Å². The Morgan fingerprint density at radius 2 is 2.62 bits per heavy atom. The molecule has 2 heterocycles. The summed E-state index contributed by atoms with van der Waals surface area (Å²) < 4.78 is 5.40. The third-order valence-electron chi connectivity index (χ3n) is 2.21. The molecule has 0 radical (unpaired) electrons. The Balaban J connectivity index is 2.12. The second kappa shape index (κ2) is 3.72. The Hall–Kier alpha value is -0.480. The van der Waals surface area contributed by atoms with E-state index in [-0.39, 0.29) is 6.04 Å². The molecule has 0 saturated carbocycles. The average molecular weight is 198 g/mol. The van der Waals surface area contributed by atoms with Gasteiger partial charge in [-0.25, -0.2) is 4.98 Å². The maximum Gasteiger partial charge on any atom is 0.207 e. The predicted octanol–water partition coefficient (Wildman–Crippen LogP) is 2.26. The molecule has 0 amide bonds. The van der Waals surface area contributed by atoms with Crippen LogP contribution < -0.4 is 5.73 Å². The first kappa shape index (κ1) is 9.09. The van der Waals surface area contributed by atoms with Crippen LogP contribution in [-0.4, -0.2) is 10.7 Å². The lowest BCUT2D eigenvalue weighted by Gasteiger charge is -2.01. The molecule has 1 fully saturated rings. The van der Waals surface area contributed by atoms with Crippen LogP contribution in [0.2, 0.25) is 0 Å². The van der Waals surface area contributed by atoms with Crippen molar-refractivity contribution in [3.63, 3.8) is 0 Å². The zero-order chi connectivity index (χ0) is 9.26. The van der Waals surface area contributed by atoms with Crippen molar-refractivity contribution in [3.05, 3.63) is 17.8 Å². The molecule has 2 unspecified atom stereocenters. The summed E-state index contributed by atoms with van der Waals surface area (Å²) in [6, 6.07) is -0.0242. The normalized spacial score (nSPS) is 24.9. The summed E-state index contributed by atoms with van der Waals surface area (Å²) in [4.78, 5) is 4.38. The molecule has 13 heavy (non-hydrogen) atoms. The van der Waals surface area contributed by atoms with Gasteiger partial charge in [0.1, 0.15) is 6.26 Å². The molecule has 0 aliphatic carbocycles. The van der Waals surface area contributed by atoms with Crippen LogP contribution in [0, 0.1) is 0 Å². The molecule has 3 nitrogen and oxygen atoms in total. The number of oxazole rings is 1. The number of thioether (sulfide) groups is 1. The molecule has 0 bridgehead atoms. The Morgan fingerprint density at radius 3 is 3.15 bits per heavy atom. The van der Waals surface area contributed by atoms with Gasteiger partial charge in [0, 0.05) is 6.04 Å². The number of rotatable bonds is 2. The van der Waals surface area contributed by atoms with E-state index in [1.165, 1.54) is 18.6 Å². The van der Waals surface area contributed by atoms with Crippen molar-refractivity contribution >= 4 is 11.8 Å². The first-order chi connectivity index (χ1) is 6.27. The summed E-state index contributed by atoms with van der Waals surface area (Å²) in [6.07, 6.45) is 4.13. The topological polar surface area (TPSA) is 52.0 Å². The van der Waals surface area contributed by atoms with Crippen molar-refractivity contribution in [3.8, 4) is 0 Å². The molecule has 1 aromatic rings. The minimum Gasteiger partial charge on any atom is -0.447 e. The zero-order valence-corrected chi connectivity index (χ0v) is 8.51. The monoisotopic (exact) mass is 198 g/mol. The molecule has 0 aromatic carbocycles. The van der Waals surface area contributed by atoms with Crippen molar-refractivity contribution in [1.82, 2.24) is 4.98 Å². The van der Waals surface area contributed by atoms with E-state index in [1.807, 2.05) is 18.7 Å². The van der Waals surface area contributed by atoms with Gasteiger partial charge in [-0.2, -0.15) is 0 Å². The molecule has 1 aliphatic rings. The summed E-state index contributed by atoms with van der Waals surface area (Å²) in [7, 11) is 0.